The number of carbonyl (C=O) groups excluding carboxylic acids is 2. The lowest BCUT2D eigenvalue weighted by Gasteiger charge is -2.09. The predicted molar refractivity (Wildman–Crippen MR) is 73.9 cm³/mol. The summed E-state index contributed by atoms with van der Waals surface area (Å²) in [6.45, 7) is -0.130. The molecular formula is C14H15F3N2O3. The summed E-state index contributed by atoms with van der Waals surface area (Å²) in [6.07, 6.45) is -2.15. The van der Waals surface area contributed by atoms with Crippen LogP contribution in [0, 0.1) is 0 Å². The third-order valence-corrected chi connectivity index (χ3v) is 2.45. The van der Waals surface area contributed by atoms with Crippen LogP contribution in [0.2, 0.25) is 0 Å². The Balaban J connectivity index is 2.52. The Labute approximate surface area is 125 Å². The molecule has 1 aromatic carbocycles. The number of ether oxygens (including phenoxy) is 1. The Morgan fingerprint density at radius 3 is 2.32 bits per heavy atom. The number of nitrogens with zero attached hydrogens (tertiary/aromatic N) is 1. The molecule has 0 saturated heterocycles. The van der Waals surface area contributed by atoms with E-state index in [1.165, 1.54) is 29.2 Å². The monoisotopic (exact) mass is 316 g/mol. The van der Waals surface area contributed by atoms with E-state index in [0.717, 1.165) is 12.1 Å². The number of rotatable bonds is 5. The highest BCUT2D eigenvalue weighted by atomic mass is 19.4. The number of hydrogen-bond donors (Lipinski definition) is 1. The van der Waals surface area contributed by atoms with Gasteiger partial charge >= 0.3 is 6.36 Å². The fourth-order valence-electron chi connectivity index (χ4n) is 1.33. The first-order valence-corrected chi connectivity index (χ1v) is 6.19. The molecule has 0 radical (unpaired) electrons. The molecule has 8 heteroatoms. The van der Waals surface area contributed by atoms with Gasteiger partial charge in [-0.2, -0.15) is 0 Å². The predicted octanol–water partition coefficient (Wildman–Crippen LogP) is 1.80. The summed E-state index contributed by atoms with van der Waals surface area (Å²) in [5.74, 6) is -1.08. The number of hydrogen-bond acceptors (Lipinski definition) is 3. The number of amides is 2. The number of alkyl halides is 3. The lowest BCUT2D eigenvalue weighted by Crippen LogP contribution is -2.35. The molecule has 0 heterocycles. The molecule has 0 atom stereocenters. The van der Waals surface area contributed by atoms with Crippen molar-refractivity contribution in [2.75, 3.05) is 20.6 Å². The van der Waals surface area contributed by atoms with Gasteiger partial charge in [0, 0.05) is 20.2 Å². The Morgan fingerprint density at radius 2 is 1.82 bits per heavy atom. The molecule has 22 heavy (non-hydrogen) atoms. The lowest BCUT2D eigenvalue weighted by atomic mass is 10.2. The normalized spacial score (nSPS) is 11.3. The molecule has 0 aliphatic carbocycles. The van der Waals surface area contributed by atoms with Gasteiger partial charge in [-0.15, -0.1) is 13.2 Å². The maximum atomic E-state index is 12.0. The van der Waals surface area contributed by atoms with Crippen LogP contribution in [0.15, 0.2) is 30.3 Å². The largest absolute Gasteiger partial charge is 0.573 e. The number of likely N-dealkylation sites (N-methyl/N-ethyl adjacent to an activating group) is 1. The quantitative estimate of drug-likeness (QED) is 0.843. The third-order valence-electron chi connectivity index (χ3n) is 2.45. The van der Waals surface area contributed by atoms with Crippen LogP contribution >= 0.6 is 0 Å². The van der Waals surface area contributed by atoms with Crippen molar-refractivity contribution < 1.29 is 27.5 Å². The highest BCUT2D eigenvalue weighted by molar-refractivity contribution is 5.94. The van der Waals surface area contributed by atoms with Crippen molar-refractivity contribution in [3.63, 3.8) is 0 Å². The fraction of sp³-hybridized carbons (Fsp3) is 0.286. The Morgan fingerprint density at radius 1 is 1.23 bits per heavy atom. The van der Waals surface area contributed by atoms with Crippen LogP contribution < -0.4 is 10.1 Å². The minimum Gasteiger partial charge on any atom is -0.406 e. The van der Waals surface area contributed by atoms with Crippen molar-refractivity contribution in [1.82, 2.24) is 10.2 Å². The van der Waals surface area contributed by atoms with Crippen LogP contribution in [0.5, 0.6) is 5.75 Å². The van der Waals surface area contributed by atoms with Crippen LogP contribution in [0.1, 0.15) is 5.56 Å². The van der Waals surface area contributed by atoms with E-state index >= 15 is 0 Å². The number of nitrogens with one attached hydrogen (secondary N) is 1. The van der Waals surface area contributed by atoms with Gasteiger partial charge in [0.25, 0.3) is 0 Å². The van der Waals surface area contributed by atoms with Gasteiger partial charge in [-0.25, -0.2) is 0 Å². The Bertz CT molecular complexity index is 551. The summed E-state index contributed by atoms with van der Waals surface area (Å²) < 4.78 is 39.7. The zero-order valence-electron chi connectivity index (χ0n) is 12.0. The van der Waals surface area contributed by atoms with Crippen molar-refractivity contribution in [3.05, 3.63) is 35.9 Å². The van der Waals surface area contributed by atoms with Crippen molar-refractivity contribution in [2.45, 2.75) is 6.36 Å². The summed E-state index contributed by atoms with van der Waals surface area (Å²) in [7, 11) is 3.13. The van der Waals surface area contributed by atoms with E-state index in [2.05, 4.69) is 10.1 Å². The van der Waals surface area contributed by atoms with Crippen molar-refractivity contribution in [3.8, 4) is 5.75 Å². The van der Waals surface area contributed by atoms with Crippen LogP contribution in [0.25, 0.3) is 6.08 Å². The van der Waals surface area contributed by atoms with Gasteiger partial charge in [-0.05, 0) is 23.8 Å². The summed E-state index contributed by atoms with van der Waals surface area (Å²) >= 11 is 0. The molecule has 1 N–H and O–H groups in total. The molecule has 0 spiro atoms. The SMILES string of the molecule is CN(C)C(=O)CNC(=O)/C=C/c1ccc(OC(F)(F)F)cc1. The van der Waals surface area contributed by atoms with Gasteiger partial charge in [0.15, 0.2) is 0 Å². The third kappa shape index (κ3) is 6.78. The minimum absolute atomic E-state index is 0.130. The summed E-state index contributed by atoms with van der Waals surface area (Å²) in [4.78, 5) is 24.0. The first-order valence-electron chi connectivity index (χ1n) is 6.19. The van der Waals surface area contributed by atoms with E-state index < -0.39 is 12.3 Å². The van der Waals surface area contributed by atoms with E-state index in [4.69, 9.17) is 0 Å². The summed E-state index contributed by atoms with van der Waals surface area (Å²) in [5.41, 5.74) is 0.517. The van der Waals surface area contributed by atoms with Crippen LogP contribution in [0.4, 0.5) is 13.2 Å². The minimum atomic E-state index is -4.74. The number of benzene rings is 1. The van der Waals surface area contributed by atoms with Crippen molar-refractivity contribution >= 4 is 17.9 Å². The second-order valence-electron chi connectivity index (χ2n) is 4.46. The summed E-state index contributed by atoms with van der Waals surface area (Å²) in [6, 6.07) is 5.02. The van der Waals surface area contributed by atoms with Crippen molar-refractivity contribution in [1.29, 1.82) is 0 Å². The molecule has 0 unspecified atom stereocenters. The van der Waals surface area contributed by atoms with Gasteiger partial charge in [0.05, 0.1) is 6.54 Å². The second-order valence-corrected chi connectivity index (χ2v) is 4.46. The summed E-state index contributed by atoms with van der Waals surface area (Å²) in [5, 5.41) is 2.39. The van der Waals surface area contributed by atoms with E-state index in [9.17, 15) is 22.8 Å². The van der Waals surface area contributed by atoms with Gasteiger partial charge in [0.1, 0.15) is 5.75 Å². The smallest absolute Gasteiger partial charge is 0.406 e. The molecule has 0 aliphatic rings. The molecule has 0 saturated carbocycles. The highest BCUT2D eigenvalue weighted by Crippen LogP contribution is 2.22. The molecule has 1 rings (SSSR count). The Hall–Kier alpha value is -2.51. The van der Waals surface area contributed by atoms with Gasteiger partial charge < -0.3 is 15.0 Å². The molecule has 0 bridgehead atoms. The van der Waals surface area contributed by atoms with Crippen molar-refractivity contribution in [2.24, 2.45) is 0 Å². The molecule has 2 amide bonds. The zero-order valence-corrected chi connectivity index (χ0v) is 12.0. The average Bonchev–Trinajstić information content (AvgIpc) is 2.42. The number of halogens is 3. The van der Waals surface area contributed by atoms with Crippen LogP contribution in [0.3, 0.4) is 0 Å². The Kier molecular flexibility index (Phi) is 5.97. The average molecular weight is 316 g/mol. The van der Waals surface area contributed by atoms with Gasteiger partial charge in [-0.1, -0.05) is 12.1 Å². The first-order chi connectivity index (χ1) is 10.2. The standard InChI is InChI=1S/C14H15F3N2O3/c1-19(2)13(21)9-18-12(20)8-5-10-3-6-11(7-4-10)22-14(15,16)17/h3-8H,9H2,1-2H3,(H,18,20)/b8-5+. The topological polar surface area (TPSA) is 58.6 Å². The molecule has 0 aliphatic heterocycles. The van der Waals surface area contributed by atoms with Gasteiger partial charge in [-0.3, -0.25) is 9.59 Å². The molecule has 0 aromatic heterocycles. The first kappa shape index (κ1) is 17.5. The molecule has 5 nitrogen and oxygen atoms in total. The van der Waals surface area contributed by atoms with E-state index in [0.29, 0.717) is 5.56 Å². The molecule has 120 valence electrons. The maximum absolute atomic E-state index is 12.0. The molecular weight excluding hydrogens is 301 g/mol. The highest BCUT2D eigenvalue weighted by Gasteiger charge is 2.30. The van der Waals surface area contributed by atoms with Crippen LogP contribution in [-0.4, -0.2) is 43.7 Å². The van der Waals surface area contributed by atoms with E-state index in [1.54, 1.807) is 14.1 Å². The van der Waals surface area contributed by atoms with E-state index in [1.807, 2.05) is 0 Å². The number of carbonyl (C=O) groups is 2. The molecule has 1 aromatic rings. The van der Waals surface area contributed by atoms with Crippen LogP contribution in [-0.2, 0) is 9.59 Å². The lowest BCUT2D eigenvalue weighted by molar-refractivity contribution is -0.274. The van der Waals surface area contributed by atoms with Gasteiger partial charge in [0.2, 0.25) is 11.8 Å². The second kappa shape index (κ2) is 7.48. The molecule has 0 fully saturated rings. The zero-order chi connectivity index (χ0) is 16.8. The fourth-order valence-corrected chi connectivity index (χ4v) is 1.33. The maximum Gasteiger partial charge on any atom is 0.573 e. The van der Waals surface area contributed by atoms with E-state index in [-0.39, 0.29) is 18.2 Å².